The smallest absolute Gasteiger partial charge is 0.425 e. The zero-order valence-electron chi connectivity index (χ0n) is 18.1. The number of rotatable bonds is 5. The number of alkyl halides is 3. The molecule has 1 aromatic heterocycles. The summed E-state index contributed by atoms with van der Waals surface area (Å²) in [6.45, 7) is 0.882. The third-order valence-electron chi connectivity index (χ3n) is 5.20. The molecule has 36 heavy (non-hydrogen) atoms. The number of carbonyl (C=O) groups excluding carboxylic acids is 1. The van der Waals surface area contributed by atoms with Gasteiger partial charge in [0.15, 0.2) is 23.6 Å². The summed E-state index contributed by atoms with van der Waals surface area (Å²) in [5.74, 6) is -6.18. The molecule has 1 aliphatic heterocycles. The predicted molar refractivity (Wildman–Crippen MR) is 113 cm³/mol. The maximum Gasteiger partial charge on any atom is 0.425 e. The quantitative estimate of drug-likeness (QED) is 0.390. The van der Waals surface area contributed by atoms with Crippen molar-refractivity contribution in [2.24, 2.45) is 0 Å². The van der Waals surface area contributed by atoms with Crippen molar-refractivity contribution in [2.45, 2.75) is 32.4 Å². The number of nitrogens with one attached hydrogen (secondary N) is 1. The highest BCUT2D eigenvalue weighted by atomic mass is 35.5. The average molecular weight is 537 g/mol. The van der Waals surface area contributed by atoms with E-state index in [2.05, 4.69) is 5.10 Å². The molecule has 0 unspecified atom stereocenters. The highest BCUT2D eigenvalue weighted by Crippen LogP contribution is 2.33. The molecule has 0 radical (unpaired) electrons. The van der Waals surface area contributed by atoms with Crippen LogP contribution in [0.25, 0.3) is 5.69 Å². The lowest BCUT2D eigenvalue weighted by atomic mass is 10.1. The summed E-state index contributed by atoms with van der Waals surface area (Å²) in [6, 6.07) is 2.78. The lowest BCUT2D eigenvalue weighted by Crippen LogP contribution is -2.32. The molecule has 0 bridgehead atoms. The van der Waals surface area contributed by atoms with E-state index in [-0.39, 0.29) is 25.6 Å². The minimum absolute atomic E-state index is 0.0568. The lowest BCUT2D eigenvalue weighted by Gasteiger charge is -2.20. The van der Waals surface area contributed by atoms with Crippen molar-refractivity contribution in [3.8, 4) is 11.4 Å². The van der Waals surface area contributed by atoms with Gasteiger partial charge >= 0.3 is 11.9 Å². The molecular formula is C21H15ClF6N4O4. The minimum Gasteiger partial charge on any atom is -0.480 e. The number of halogens is 7. The Morgan fingerprint density at radius 3 is 2.61 bits per heavy atom. The van der Waals surface area contributed by atoms with Crippen LogP contribution in [-0.2, 0) is 17.9 Å². The zero-order valence-corrected chi connectivity index (χ0v) is 18.9. The number of anilines is 1. The second-order valence-electron chi connectivity index (χ2n) is 7.59. The SMILES string of the molecule is C[C@H](Oc1cc(-n2nc3n(c2=O)CCOC3)c(F)cc1C(=O)Nc1c(Cl)ccc(F)c1F)C(F)(F)F. The van der Waals surface area contributed by atoms with E-state index in [0.717, 1.165) is 6.07 Å². The van der Waals surface area contributed by atoms with Gasteiger partial charge in [0, 0.05) is 6.07 Å². The van der Waals surface area contributed by atoms with E-state index in [1.807, 2.05) is 5.32 Å². The second-order valence-corrected chi connectivity index (χ2v) is 8.00. The van der Waals surface area contributed by atoms with Gasteiger partial charge in [0.2, 0.25) is 0 Å². The van der Waals surface area contributed by atoms with E-state index in [4.69, 9.17) is 21.1 Å². The monoisotopic (exact) mass is 536 g/mol. The van der Waals surface area contributed by atoms with Gasteiger partial charge in [-0.25, -0.2) is 18.0 Å². The molecule has 0 spiro atoms. The van der Waals surface area contributed by atoms with Crippen molar-refractivity contribution in [3.05, 3.63) is 68.6 Å². The first-order valence-electron chi connectivity index (χ1n) is 10.2. The van der Waals surface area contributed by atoms with Crippen molar-refractivity contribution < 1.29 is 40.6 Å². The molecule has 0 saturated carbocycles. The van der Waals surface area contributed by atoms with Crippen LogP contribution in [0.3, 0.4) is 0 Å². The number of aromatic nitrogens is 3. The Bertz CT molecular complexity index is 1400. The highest BCUT2D eigenvalue weighted by Gasteiger charge is 2.39. The fraction of sp³-hybridized carbons (Fsp3) is 0.286. The number of ether oxygens (including phenoxy) is 2. The molecule has 4 rings (SSSR count). The fourth-order valence-electron chi connectivity index (χ4n) is 3.30. The van der Waals surface area contributed by atoms with Gasteiger partial charge in [-0.2, -0.15) is 17.9 Å². The number of fused-ring (bicyclic) bond motifs is 1. The molecule has 3 aromatic rings. The first-order valence-corrected chi connectivity index (χ1v) is 10.5. The van der Waals surface area contributed by atoms with Gasteiger partial charge in [0.25, 0.3) is 5.91 Å². The zero-order chi connectivity index (χ0) is 26.4. The summed E-state index contributed by atoms with van der Waals surface area (Å²) in [7, 11) is 0. The van der Waals surface area contributed by atoms with E-state index in [1.54, 1.807) is 0 Å². The van der Waals surface area contributed by atoms with Crippen LogP contribution in [0.1, 0.15) is 23.1 Å². The third kappa shape index (κ3) is 4.78. The number of nitrogens with zero attached hydrogens (tertiary/aromatic N) is 3. The van der Waals surface area contributed by atoms with Gasteiger partial charge in [0.1, 0.15) is 23.9 Å². The molecule has 1 atom stereocenters. The van der Waals surface area contributed by atoms with Gasteiger partial charge in [-0.15, -0.1) is 5.10 Å². The van der Waals surface area contributed by atoms with Crippen LogP contribution in [0.4, 0.5) is 32.0 Å². The molecule has 2 aromatic carbocycles. The summed E-state index contributed by atoms with van der Waals surface area (Å²) in [4.78, 5) is 25.5. The van der Waals surface area contributed by atoms with Crippen LogP contribution in [0.2, 0.25) is 5.02 Å². The van der Waals surface area contributed by atoms with Crippen LogP contribution >= 0.6 is 11.6 Å². The van der Waals surface area contributed by atoms with E-state index in [1.165, 1.54) is 4.57 Å². The third-order valence-corrected chi connectivity index (χ3v) is 5.51. The van der Waals surface area contributed by atoms with Crippen molar-refractivity contribution >= 4 is 23.2 Å². The predicted octanol–water partition coefficient (Wildman–Crippen LogP) is 4.22. The van der Waals surface area contributed by atoms with Crippen LogP contribution in [0.15, 0.2) is 29.1 Å². The van der Waals surface area contributed by atoms with Crippen molar-refractivity contribution in [1.29, 1.82) is 0 Å². The number of carbonyl (C=O) groups is 1. The Hall–Kier alpha value is -3.52. The Kier molecular flexibility index (Phi) is 6.75. The normalized spacial score (nSPS) is 14.3. The first kappa shape index (κ1) is 25.6. The van der Waals surface area contributed by atoms with Crippen molar-refractivity contribution in [1.82, 2.24) is 14.3 Å². The fourth-order valence-corrected chi connectivity index (χ4v) is 3.50. The molecule has 0 saturated heterocycles. The van der Waals surface area contributed by atoms with Crippen molar-refractivity contribution in [2.75, 3.05) is 11.9 Å². The molecule has 0 fully saturated rings. The number of hydrogen-bond donors (Lipinski definition) is 1. The maximum absolute atomic E-state index is 15.1. The van der Waals surface area contributed by atoms with Gasteiger partial charge in [-0.3, -0.25) is 9.36 Å². The summed E-state index contributed by atoms with van der Waals surface area (Å²) in [5.41, 5.74) is -3.04. The summed E-state index contributed by atoms with van der Waals surface area (Å²) in [5, 5.41) is 5.42. The second kappa shape index (κ2) is 9.50. The molecule has 192 valence electrons. The van der Waals surface area contributed by atoms with E-state index in [9.17, 15) is 31.5 Å². The Morgan fingerprint density at radius 1 is 1.22 bits per heavy atom. The molecule has 0 aliphatic carbocycles. The molecular weight excluding hydrogens is 522 g/mol. The van der Waals surface area contributed by atoms with Gasteiger partial charge < -0.3 is 14.8 Å². The van der Waals surface area contributed by atoms with Gasteiger partial charge in [-0.05, 0) is 25.1 Å². The van der Waals surface area contributed by atoms with Gasteiger partial charge in [0.05, 0.1) is 29.4 Å². The van der Waals surface area contributed by atoms with Crippen LogP contribution in [0.5, 0.6) is 5.75 Å². The summed E-state index contributed by atoms with van der Waals surface area (Å²) in [6.07, 6.45) is -7.36. The minimum atomic E-state index is -4.89. The number of amides is 1. The Labute approximate surface area is 203 Å². The highest BCUT2D eigenvalue weighted by molar-refractivity contribution is 6.34. The lowest BCUT2D eigenvalue weighted by molar-refractivity contribution is -0.189. The molecule has 1 amide bonds. The molecule has 8 nitrogen and oxygen atoms in total. The molecule has 2 heterocycles. The molecule has 1 N–H and O–H groups in total. The number of hydrogen-bond acceptors (Lipinski definition) is 5. The van der Waals surface area contributed by atoms with Crippen LogP contribution < -0.4 is 15.7 Å². The molecule has 1 aliphatic rings. The Balaban J connectivity index is 1.81. The summed E-state index contributed by atoms with van der Waals surface area (Å²) < 4.78 is 94.3. The van der Waals surface area contributed by atoms with Crippen LogP contribution in [0, 0.1) is 17.5 Å². The van der Waals surface area contributed by atoms with Crippen molar-refractivity contribution in [3.63, 3.8) is 0 Å². The van der Waals surface area contributed by atoms with E-state index >= 15 is 4.39 Å². The largest absolute Gasteiger partial charge is 0.480 e. The maximum atomic E-state index is 15.1. The van der Waals surface area contributed by atoms with E-state index < -0.39 is 69.0 Å². The molecule has 15 heteroatoms. The standard InChI is InChI=1S/C21H15ClF6N4O4/c1-9(21(26,27)28)36-15-7-14(32-20(34)31-4-5-35-8-16(31)30-32)13(24)6-10(15)19(33)29-18-11(22)2-3-12(23)17(18)25/h2-3,6-7,9H,4-5,8H2,1H3,(H,29,33)/t9-/m0/s1. The van der Waals surface area contributed by atoms with Gasteiger partial charge in [-0.1, -0.05) is 11.6 Å². The average Bonchev–Trinajstić information content (AvgIpc) is 3.15. The summed E-state index contributed by atoms with van der Waals surface area (Å²) >= 11 is 5.79. The topological polar surface area (TPSA) is 87.4 Å². The van der Waals surface area contributed by atoms with E-state index in [0.29, 0.717) is 29.8 Å². The van der Waals surface area contributed by atoms with Crippen LogP contribution in [-0.4, -0.2) is 39.1 Å². The first-order chi connectivity index (χ1) is 16.9. The number of benzene rings is 2. The Morgan fingerprint density at radius 2 is 1.94 bits per heavy atom.